The van der Waals surface area contributed by atoms with Gasteiger partial charge in [0.25, 0.3) is 0 Å². The summed E-state index contributed by atoms with van der Waals surface area (Å²) in [4.78, 5) is 2.18. The number of β-amino-alcohol motifs (C(OH)–C–C–N with tert-alkyl or cyclic N) is 1. The highest BCUT2D eigenvalue weighted by Gasteiger charge is 2.18. The van der Waals surface area contributed by atoms with Crippen molar-refractivity contribution in [3.8, 4) is 5.75 Å². The number of rotatable bonds is 3. The van der Waals surface area contributed by atoms with Crippen molar-refractivity contribution in [2.24, 2.45) is 0 Å². The first-order chi connectivity index (χ1) is 8.20. The van der Waals surface area contributed by atoms with E-state index < -0.39 is 0 Å². The molecule has 1 aromatic rings. The van der Waals surface area contributed by atoms with E-state index in [0.717, 1.165) is 30.8 Å². The summed E-state index contributed by atoms with van der Waals surface area (Å²) >= 11 is 0. The summed E-state index contributed by atoms with van der Waals surface area (Å²) in [5, 5.41) is 9.67. The highest BCUT2D eigenvalue weighted by molar-refractivity contribution is 5.62. The van der Waals surface area contributed by atoms with Gasteiger partial charge in [-0.1, -0.05) is 0 Å². The number of nitrogens with zero attached hydrogens (tertiary/aromatic N) is 1. The van der Waals surface area contributed by atoms with Gasteiger partial charge in [-0.2, -0.15) is 0 Å². The normalized spacial score (nSPS) is 20.4. The van der Waals surface area contributed by atoms with Gasteiger partial charge < -0.3 is 20.5 Å². The lowest BCUT2D eigenvalue weighted by Gasteiger charge is -2.32. The topological polar surface area (TPSA) is 58.7 Å². The van der Waals surface area contributed by atoms with E-state index in [-0.39, 0.29) is 6.10 Å². The van der Waals surface area contributed by atoms with Crippen molar-refractivity contribution in [1.82, 2.24) is 0 Å². The molecule has 94 valence electrons. The molecule has 4 nitrogen and oxygen atoms in total. The average Bonchev–Trinajstić information content (AvgIpc) is 2.32. The Balaban J connectivity index is 2.17. The van der Waals surface area contributed by atoms with Crippen molar-refractivity contribution in [2.45, 2.75) is 25.9 Å². The second-order valence-electron chi connectivity index (χ2n) is 4.40. The van der Waals surface area contributed by atoms with Crippen molar-refractivity contribution in [2.75, 3.05) is 30.3 Å². The van der Waals surface area contributed by atoms with Gasteiger partial charge in [0, 0.05) is 24.8 Å². The maximum absolute atomic E-state index is 9.67. The Hall–Kier alpha value is -1.42. The van der Waals surface area contributed by atoms with E-state index in [0.29, 0.717) is 18.8 Å². The third-order valence-electron chi connectivity index (χ3n) is 3.06. The van der Waals surface area contributed by atoms with E-state index in [1.807, 2.05) is 25.1 Å². The first kappa shape index (κ1) is 12.0. The Morgan fingerprint density at radius 1 is 1.53 bits per heavy atom. The van der Waals surface area contributed by atoms with Gasteiger partial charge in [-0.05, 0) is 31.9 Å². The maximum Gasteiger partial charge on any atom is 0.144 e. The van der Waals surface area contributed by atoms with E-state index in [2.05, 4.69) is 4.90 Å². The first-order valence-corrected chi connectivity index (χ1v) is 6.16. The maximum atomic E-state index is 9.67. The monoisotopic (exact) mass is 236 g/mol. The van der Waals surface area contributed by atoms with Crippen molar-refractivity contribution in [1.29, 1.82) is 0 Å². The van der Waals surface area contributed by atoms with Gasteiger partial charge in [-0.25, -0.2) is 0 Å². The number of benzene rings is 1. The fourth-order valence-corrected chi connectivity index (χ4v) is 2.19. The van der Waals surface area contributed by atoms with Gasteiger partial charge in [-0.3, -0.25) is 0 Å². The quantitative estimate of drug-likeness (QED) is 0.783. The molecule has 2 rings (SSSR count). The largest absolute Gasteiger partial charge is 0.492 e. The summed E-state index contributed by atoms with van der Waals surface area (Å²) in [6.45, 7) is 4.22. The molecule has 1 aliphatic rings. The molecule has 0 aromatic heterocycles. The van der Waals surface area contributed by atoms with Crippen LogP contribution in [0.5, 0.6) is 5.75 Å². The van der Waals surface area contributed by atoms with Crippen LogP contribution in [0.1, 0.15) is 19.8 Å². The molecule has 0 saturated carbocycles. The number of hydrogen-bond acceptors (Lipinski definition) is 4. The average molecular weight is 236 g/mol. The molecule has 0 amide bonds. The number of nitrogen functional groups attached to an aromatic ring is 1. The molecule has 1 atom stereocenters. The number of ether oxygens (including phenoxy) is 1. The highest BCUT2D eigenvalue weighted by Crippen LogP contribution is 2.29. The third kappa shape index (κ3) is 2.82. The molecule has 1 saturated heterocycles. The second-order valence-corrected chi connectivity index (χ2v) is 4.40. The molecule has 0 aliphatic carbocycles. The van der Waals surface area contributed by atoms with Crippen molar-refractivity contribution in [3.63, 3.8) is 0 Å². The molecule has 1 heterocycles. The molecule has 0 radical (unpaired) electrons. The number of aliphatic hydroxyl groups is 1. The van der Waals surface area contributed by atoms with Crippen LogP contribution in [0.4, 0.5) is 11.4 Å². The minimum atomic E-state index is -0.225. The minimum absolute atomic E-state index is 0.225. The number of piperidine rings is 1. The molecular weight excluding hydrogens is 216 g/mol. The fourth-order valence-electron chi connectivity index (χ4n) is 2.19. The van der Waals surface area contributed by atoms with Crippen LogP contribution in [0.25, 0.3) is 0 Å². The Morgan fingerprint density at radius 3 is 3.06 bits per heavy atom. The highest BCUT2D eigenvalue weighted by atomic mass is 16.5. The standard InChI is InChI=1S/C13H20N2O2/c1-2-17-13-8-10(5-6-12(13)14)15-7-3-4-11(16)9-15/h5-6,8,11,16H,2-4,7,9,14H2,1H3. The molecule has 1 aliphatic heterocycles. The number of aliphatic hydroxyl groups excluding tert-OH is 1. The molecule has 0 bridgehead atoms. The van der Waals surface area contributed by atoms with E-state index in [1.165, 1.54) is 0 Å². The Kier molecular flexibility index (Phi) is 3.74. The van der Waals surface area contributed by atoms with Crippen molar-refractivity contribution >= 4 is 11.4 Å². The number of nitrogens with two attached hydrogens (primary N) is 1. The lowest BCUT2D eigenvalue weighted by Crippen LogP contribution is -2.38. The van der Waals surface area contributed by atoms with E-state index >= 15 is 0 Å². The number of hydrogen-bond donors (Lipinski definition) is 2. The zero-order valence-electron chi connectivity index (χ0n) is 10.2. The molecule has 1 aromatic carbocycles. The van der Waals surface area contributed by atoms with Crippen LogP contribution in [0, 0.1) is 0 Å². The molecule has 17 heavy (non-hydrogen) atoms. The van der Waals surface area contributed by atoms with Crippen LogP contribution in [-0.4, -0.2) is 30.9 Å². The zero-order chi connectivity index (χ0) is 12.3. The Labute approximate surface area is 102 Å². The van der Waals surface area contributed by atoms with Gasteiger partial charge in [0.2, 0.25) is 0 Å². The van der Waals surface area contributed by atoms with Crippen LogP contribution < -0.4 is 15.4 Å². The first-order valence-electron chi connectivity index (χ1n) is 6.16. The van der Waals surface area contributed by atoms with Gasteiger partial charge in [0.15, 0.2) is 0 Å². The zero-order valence-corrected chi connectivity index (χ0v) is 10.2. The summed E-state index contributed by atoms with van der Waals surface area (Å²) in [6.07, 6.45) is 1.69. The summed E-state index contributed by atoms with van der Waals surface area (Å²) in [7, 11) is 0. The minimum Gasteiger partial charge on any atom is -0.492 e. The summed E-state index contributed by atoms with van der Waals surface area (Å²) in [5.41, 5.74) is 7.57. The predicted molar refractivity (Wildman–Crippen MR) is 69.5 cm³/mol. The summed E-state index contributed by atoms with van der Waals surface area (Å²) < 4.78 is 5.48. The van der Waals surface area contributed by atoms with Crippen molar-refractivity contribution < 1.29 is 9.84 Å². The second kappa shape index (κ2) is 5.27. The van der Waals surface area contributed by atoms with Crippen LogP contribution in [-0.2, 0) is 0 Å². The van der Waals surface area contributed by atoms with Crippen LogP contribution in [0.3, 0.4) is 0 Å². The fraction of sp³-hybridized carbons (Fsp3) is 0.538. The summed E-state index contributed by atoms with van der Waals surface area (Å²) in [5.74, 6) is 0.727. The predicted octanol–water partition coefficient (Wildman–Crippen LogP) is 1.63. The van der Waals surface area contributed by atoms with E-state index in [4.69, 9.17) is 10.5 Å². The molecular formula is C13H20N2O2. The van der Waals surface area contributed by atoms with Crippen molar-refractivity contribution in [3.05, 3.63) is 18.2 Å². The van der Waals surface area contributed by atoms with Crippen LogP contribution in [0.15, 0.2) is 18.2 Å². The lowest BCUT2D eigenvalue weighted by molar-refractivity contribution is 0.154. The molecule has 0 spiro atoms. The third-order valence-corrected chi connectivity index (χ3v) is 3.06. The van der Waals surface area contributed by atoms with Gasteiger partial charge >= 0.3 is 0 Å². The van der Waals surface area contributed by atoms with Gasteiger partial charge in [-0.15, -0.1) is 0 Å². The molecule has 4 heteroatoms. The van der Waals surface area contributed by atoms with Gasteiger partial charge in [0.1, 0.15) is 5.75 Å². The van der Waals surface area contributed by atoms with E-state index in [9.17, 15) is 5.11 Å². The molecule has 3 N–H and O–H groups in total. The smallest absolute Gasteiger partial charge is 0.144 e. The number of anilines is 2. The van der Waals surface area contributed by atoms with Gasteiger partial charge in [0.05, 0.1) is 18.4 Å². The van der Waals surface area contributed by atoms with E-state index in [1.54, 1.807) is 0 Å². The Bertz CT molecular complexity index is 382. The van der Waals surface area contributed by atoms with Crippen LogP contribution >= 0.6 is 0 Å². The SMILES string of the molecule is CCOc1cc(N2CCCC(O)C2)ccc1N. The lowest BCUT2D eigenvalue weighted by atomic mass is 10.1. The molecule has 1 unspecified atom stereocenters. The summed E-state index contributed by atoms with van der Waals surface area (Å²) in [6, 6.07) is 5.80. The molecule has 1 fully saturated rings. The Morgan fingerprint density at radius 2 is 2.35 bits per heavy atom. The van der Waals surface area contributed by atoms with Crippen LogP contribution in [0.2, 0.25) is 0 Å².